The van der Waals surface area contributed by atoms with E-state index in [1.54, 1.807) is 12.1 Å². The molecule has 2 aromatic rings. The monoisotopic (exact) mass is 297 g/mol. The first-order chi connectivity index (χ1) is 9.20. The van der Waals surface area contributed by atoms with Crippen molar-refractivity contribution < 1.29 is 4.39 Å². The van der Waals surface area contributed by atoms with E-state index in [-0.39, 0.29) is 11.9 Å². The number of nitrogens with one attached hydrogen (secondary N) is 1. The highest BCUT2D eigenvalue weighted by Gasteiger charge is 2.10. The van der Waals surface area contributed by atoms with Gasteiger partial charge in [0, 0.05) is 6.04 Å². The van der Waals surface area contributed by atoms with Gasteiger partial charge in [0.1, 0.15) is 12.1 Å². The lowest BCUT2D eigenvalue weighted by atomic mass is 10.1. The number of nitrogens with zero attached hydrogens (tertiary/aromatic N) is 2. The molecule has 0 saturated heterocycles. The molecule has 1 aromatic carbocycles. The first-order valence-electron chi connectivity index (χ1n) is 6.18. The van der Waals surface area contributed by atoms with Crippen LogP contribution in [-0.2, 0) is 0 Å². The Kier molecular flexibility index (Phi) is 5.30. The molecule has 0 spiro atoms. The van der Waals surface area contributed by atoms with E-state index in [0.717, 1.165) is 22.9 Å². The van der Waals surface area contributed by atoms with E-state index in [0.29, 0.717) is 4.90 Å². The van der Waals surface area contributed by atoms with Gasteiger partial charge in [-0.15, -0.1) is 0 Å². The highest BCUT2D eigenvalue weighted by molar-refractivity contribution is 8.01. The summed E-state index contributed by atoms with van der Waals surface area (Å²) in [5.41, 5.74) is 0.965. The molecule has 0 bridgehead atoms. The number of benzene rings is 1. The van der Waals surface area contributed by atoms with Gasteiger partial charge in [0.2, 0.25) is 0 Å². The Morgan fingerprint density at radius 3 is 2.95 bits per heavy atom. The quantitative estimate of drug-likeness (QED) is 0.878. The molecule has 1 unspecified atom stereocenters. The van der Waals surface area contributed by atoms with Crippen molar-refractivity contribution in [3.63, 3.8) is 0 Å². The Balaban J connectivity index is 2.08. The average Bonchev–Trinajstić information content (AvgIpc) is 2.91. The predicted octanol–water partition coefficient (Wildman–Crippen LogP) is 3.89. The van der Waals surface area contributed by atoms with E-state index in [9.17, 15) is 4.39 Å². The number of halogens is 1. The zero-order valence-corrected chi connectivity index (χ0v) is 12.5. The molecule has 19 heavy (non-hydrogen) atoms. The van der Waals surface area contributed by atoms with Crippen molar-refractivity contribution >= 4 is 23.3 Å². The number of aromatic nitrogens is 2. The molecule has 1 aromatic heterocycles. The molecule has 3 nitrogen and oxygen atoms in total. The van der Waals surface area contributed by atoms with Gasteiger partial charge >= 0.3 is 0 Å². The average molecular weight is 297 g/mol. The molecule has 0 aliphatic rings. The van der Waals surface area contributed by atoms with Crippen LogP contribution in [0.5, 0.6) is 0 Å². The second kappa shape index (κ2) is 6.98. The molecule has 0 aliphatic carbocycles. The minimum Gasteiger partial charge on any atom is -0.310 e. The third-order valence-electron chi connectivity index (χ3n) is 2.69. The van der Waals surface area contributed by atoms with Crippen molar-refractivity contribution in [1.29, 1.82) is 0 Å². The van der Waals surface area contributed by atoms with Gasteiger partial charge < -0.3 is 5.32 Å². The van der Waals surface area contributed by atoms with Crippen molar-refractivity contribution in [2.75, 3.05) is 6.54 Å². The molecule has 1 N–H and O–H groups in total. The first kappa shape index (κ1) is 14.4. The largest absolute Gasteiger partial charge is 0.310 e. The molecular weight excluding hydrogens is 281 g/mol. The van der Waals surface area contributed by atoms with Gasteiger partial charge in [-0.3, -0.25) is 0 Å². The van der Waals surface area contributed by atoms with Crippen LogP contribution in [0.3, 0.4) is 0 Å². The Morgan fingerprint density at radius 1 is 1.47 bits per heavy atom. The van der Waals surface area contributed by atoms with E-state index in [1.807, 2.05) is 13.0 Å². The number of rotatable bonds is 6. The van der Waals surface area contributed by atoms with Crippen molar-refractivity contribution in [3.8, 4) is 0 Å². The zero-order chi connectivity index (χ0) is 13.7. The van der Waals surface area contributed by atoms with Gasteiger partial charge in [-0.25, -0.2) is 9.37 Å². The fourth-order valence-corrected chi connectivity index (χ4v) is 3.06. The summed E-state index contributed by atoms with van der Waals surface area (Å²) >= 11 is 2.58. The molecule has 6 heteroatoms. The molecule has 1 heterocycles. The van der Waals surface area contributed by atoms with Crippen molar-refractivity contribution in [2.24, 2.45) is 0 Å². The van der Waals surface area contributed by atoms with Gasteiger partial charge in [-0.05, 0) is 49.1 Å². The van der Waals surface area contributed by atoms with Crippen molar-refractivity contribution in [2.45, 2.75) is 35.5 Å². The molecule has 0 radical (unpaired) electrons. The van der Waals surface area contributed by atoms with Crippen molar-refractivity contribution in [1.82, 2.24) is 14.7 Å². The van der Waals surface area contributed by atoms with E-state index in [4.69, 9.17) is 0 Å². The maximum absolute atomic E-state index is 14.0. The standard InChI is InChI=1S/C13H16FN3S2/c1-3-6-15-9(2)10-4-5-12(11(14)7-10)18-13-16-8-17-19-13/h4-5,7-9,15H,3,6H2,1-2H3. The van der Waals surface area contributed by atoms with Crippen LogP contribution in [-0.4, -0.2) is 15.9 Å². The van der Waals surface area contributed by atoms with Gasteiger partial charge in [-0.1, -0.05) is 24.8 Å². The lowest BCUT2D eigenvalue weighted by Gasteiger charge is -2.14. The molecule has 102 valence electrons. The maximum Gasteiger partial charge on any atom is 0.174 e. The van der Waals surface area contributed by atoms with E-state index in [2.05, 4.69) is 21.6 Å². The molecule has 0 saturated carbocycles. The Morgan fingerprint density at radius 2 is 2.32 bits per heavy atom. The highest BCUT2D eigenvalue weighted by Crippen LogP contribution is 2.31. The van der Waals surface area contributed by atoms with Crippen molar-refractivity contribution in [3.05, 3.63) is 35.9 Å². The molecule has 0 aliphatic heterocycles. The minimum atomic E-state index is -0.206. The smallest absolute Gasteiger partial charge is 0.174 e. The fourth-order valence-electron chi connectivity index (χ4n) is 1.65. The number of hydrogen-bond acceptors (Lipinski definition) is 5. The first-order valence-corrected chi connectivity index (χ1v) is 7.77. The molecule has 1 atom stereocenters. The lowest BCUT2D eigenvalue weighted by Crippen LogP contribution is -2.19. The normalized spacial score (nSPS) is 12.6. The summed E-state index contributed by atoms with van der Waals surface area (Å²) in [7, 11) is 0. The van der Waals surface area contributed by atoms with Crippen LogP contribution >= 0.6 is 23.3 Å². The van der Waals surface area contributed by atoms with Crippen LogP contribution in [0.25, 0.3) is 0 Å². The van der Waals surface area contributed by atoms with Crippen LogP contribution in [0.1, 0.15) is 31.9 Å². The van der Waals surface area contributed by atoms with Gasteiger partial charge in [0.25, 0.3) is 0 Å². The van der Waals surface area contributed by atoms with Crippen LogP contribution in [0, 0.1) is 5.82 Å². The van der Waals surface area contributed by atoms with Crippen LogP contribution in [0.4, 0.5) is 4.39 Å². The second-order valence-corrected chi connectivity index (χ2v) is 6.24. The SMILES string of the molecule is CCCNC(C)c1ccc(Sc2ncns2)c(F)c1. The van der Waals surface area contributed by atoms with E-state index in [1.165, 1.54) is 29.6 Å². The third kappa shape index (κ3) is 3.99. The highest BCUT2D eigenvalue weighted by atomic mass is 32.2. The Bertz CT molecular complexity index is 517. The Labute approximate surface area is 120 Å². The molecule has 2 rings (SSSR count). The third-order valence-corrected chi connectivity index (χ3v) is 4.46. The van der Waals surface area contributed by atoms with Crippen LogP contribution < -0.4 is 5.32 Å². The van der Waals surface area contributed by atoms with E-state index < -0.39 is 0 Å². The summed E-state index contributed by atoms with van der Waals surface area (Å²) in [6, 6.07) is 5.52. The summed E-state index contributed by atoms with van der Waals surface area (Å²) in [5, 5.41) is 3.35. The van der Waals surface area contributed by atoms with E-state index >= 15 is 0 Å². The van der Waals surface area contributed by atoms with Gasteiger partial charge in [0.05, 0.1) is 4.90 Å². The maximum atomic E-state index is 14.0. The summed E-state index contributed by atoms with van der Waals surface area (Å²) in [4.78, 5) is 4.63. The molecule has 0 amide bonds. The van der Waals surface area contributed by atoms with Crippen LogP contribution in [0.15, 0.2) is 33.8 Å². The predicted molar refractivity (Wildman–Crippen MR) is 77.1 cm³/mol. The Hall–Kier alpha value is -0.980. The van der Waals surface area contributed by atoms with Crippen LogP contribution in [0.2, 0.25) is 0 Å². The number of hydrogen-bond donors (Lipinski definition) is 1. The minimum absolute atomic E-state index is 0.162. The summed E-state index contributed by atoms with van der Waals surface area (Å²) < 4.78 is 18.7. The summed E-state index contributed by atoms with van der Waals surface area (Å²) in [6.45, 7) is 5.09. The summed E-state index contributed by atoms with van der Waals surface area (Å²) in [6.07, 6.45) is 2.55. The summed E-state index contributed by atoms with van der Waals surface area (Å²) in [5.74, 6) is -0.206. The lowest BCUT2D eigenvalue weighted by molar-refractivity contribution is 0.556. The molecular formula is C13H16FN3S2. The zero-order valence-electron chi connectivity index (χ0n) is 10.9. The van der Waals surface area contributed by atoms with Gasteiger partial charge in [0.15, 0.2) is 4.34 Å². The molecule has 0 fully saturated rings. The fraction of sp³-hybridized carbons (Fsp3) is 0.385. The topological polar surface area (TPSA) is 37.8 Å². The second-order valence-electron chi connectivity index (χ2n) is 4.17. The van der Waals surface area contributed by atoms with Gasteiger partial charge in [-0.2, -0.15) is 4.37 Å².